The van der Waals surface area contributed by atoms with Crippen LogP contribution in [0.5, 0.6) is 0 Å². The van der Waals surface area contributed by atoms with Crippen molar-refractivity contribution in [3.8, 4) is 0 Å². The van der Waals surface area contributed by atoms with Crippen molar-refractivity contribution in [3.63, 3.8) is 0 Å². The lowest BCUT2D eigenvalue weighted by molar-refractivity contribution is -0.133. The van der Waals surface area contributed by atoms with Gasteiger partial charge in [-0.15, -0.1) is 24.8 Å². The van der Waals surface area contributed by atoms with Crippen molar-refractivity contribution >= 4 is 30.7 Å². The fourth-order valence-electron chi connectivity index (χ4n) is 1.77. The van der Waals surface area contributed by atoms with Crippen LogP contribution in [-0.4, -0.2) is 40.0 Å². The van der Waals surface area contributed by atoms with Crippen molar-refractivity contribution < 1.29 is 9.90 Å². The van der Waals surface area contributed by atoms with Crippen molar-refractivity contribution in [2.24, 2.45) is 5.73 Å². The summed E-state index contributed by atoms with van der Waals surface area (Å²) in [6.45, 7) is 1.13. The minimum atomic E-state index is -0.994. The average Bonchev–Trinajstić information content (AvgIpc) is 2.91. The lowest BCUT2D eigenvalue weighted by Crippen LogP contribution is -2.46. The summed E-state index contributed by atoms with van der Waals surface area (Å²) in [4.78, 5) is 17.4. The molecule has 1 aliphatic heterocycles. The van der Waals surface area contributed by atoms with E-state index in [-0.39, 0.29) is 30.7 Å². The zero-order valence-corrected chi connectivity index (χ0v) is 11.8. The Kier molecular flexibility index (Phi) is 7.63. The van der Waals surface area contributed by atoms with Gasteiger partial charge in [0.15, 0.2) is 0 Å². The predicted octanol–water partition coefficient (Wildman–Crippen LogP) is 0.684. The summed E-state index contributed by atoms with van der Waals surface area (Å²) >= 11 is 0. The number of aromatic nitrogens is 1. The third kappa shape index (κ3) is 4.18. The van der Waals surface area contributed by atoms with Gasteiger partial charge in [-0.25, -0.2) is 0 Å². The minimum absolute atomic E-state index is 0. The van der Waals surface area contributed by atoms with Gasteiger partial charge in [-0.3, -0.25) is 9.78 Å². The lowest BCUT2D eigenvalue weighted by atomic mass is 10.0. The van der Waals surface area contributed by atoms with E-state index in [9.17, 15) is 9.90 Å². The molecule has 2 rings (SSSR count). The van der Waals surface area contributed by atoms with Crippen molar-refractivity contribution in [2.45, 2.75) is 12.1 Å². The molecule has 106 valence electrons. The second-order valence-electron chi connectivity index (χ2n) is 3.97. The molecular formula is C12H17Cl2N3O2. The van der Waals surface area contributed by atoms with E-state index < -0.39 is 12.1 Å². The Bertz CT molecular complexity index is 420. The molecule has 2 unspecified atom stereocenters. The molecule has 3 N–H and O–H groups in total. The van der Waals surface area contributed by atoms with Crippen LogP contribution in [0.2, 0.25) is 0 Å². The first-order valence-corrected chi connectivity index (χ1v) is 5.47. The second kappa shape index (κ2) is 8.12. The number of nitrogens with two attached hydrogens (primary N) is 1. The normalized spacial score (nSPS) is 16.2. The van der Waals surface area contributed by atoms with Crippen LogP contribution in [0, 0.1) is 0 Å². The summed E-state index contributed by atoms with van der Waals surface area (Å²) in [6, 6.07) is 2.37. The van der Waals surface area contributed by atoms with Crippen LogP contribution in [0.4, 0.5) is 0 Å². The van der Waals surface area contributed by atoms with Gasteiger partial charge in [-0.2, -0.15) is 0 Å². The average molecular weight is 306 g/mol. The monoisotopic (exact) mass is 305 g/mol. The zero-order chi connectivity index (χ0) is 12.3. The van der Waals surface area contributed by atoms with E-state index in [0.29, 0.717) is 18.7 Å². The first-order chi connectivity index (χ1) is 8.20. The van der Waals surface area contributed by atoms with Gasteiger partial charge in [-0.1, -0.05) is 12.2 Å². The highest BCUT2D eigenvalue weighted by Gasteiger charge is 2.28. The number of carbonyl (C=O) groups excluding carboxylic acids is 1. The van der Waals surface area contributed by atoms with E-state index in [2.05, 4.69) is 4.98 Å². The van der Waals surface area contributed by atoms with E-state index in [4.69, 9.17) is 5.73 Å². The molecule has 5 nitrogen and oxygen atoms in total. The van der Waals surface area contributed by atoms with Gasteiger partial charge in [0.2, 0.25) is 5.91 Å². The van der Waals surface area contributed by atoms with Crippen LogP contribution >= 0.6 is 24.8 Å². The van der Waals surface area contributed by atoms with E-state index in [0.717, 1.165) is 0 Å². The highest BCUT2D eigenvalue weighted by atomic mass is 35.5. The van der Waals surface area contributed by atoms with Crippen LogP contribution in [0.25, 0.3) is 0 Å². The van der Waals surface area contributed by atoms with Crippen LogP contribution in [-0.2, 0) is 4.79 Å². The Labute approximate surface area is 124 Å². The van der Waals surface area contributed by atoms with Gasteiger partial charge in [-0.05, 0) is 17.7 Å². The Hall–Kier alpha value is -1.14. The van der Waals surface area contributed by atoms with Gasteiger partial charge in [0.05, 0.1) is 0 Å². The number of halogens is 2. The zero-order valence-electron chi connectivity index (χ0n) is 10.2. The fourth-order valence-corrected chi connectivity index (χ4v) is 1.77. The van der Waals surface area contributed by atoms with E-state index in [1.165, 1.54) is 0 Å². The summed E-state index contributed by atoms with van der Waals surface area (Å²) in [5.41, 5.74) is 6.39. The molecule has 1 aliphatic rings. The molecule has 7 heteroatoms. The molecule has 1 amide bonds. The Morgan fingerprint density at radius 1 is 1.26 bits per heavy atom. The number of aliphatic hydroxyl groups is 1. The summed E-state index contributed by atoms with van der Waals surface area (Å²) in [6.07, 6.45) is 5.94. The number of hydrogen-bond acceptors (Lipinski definition) is 4. The molecule has 0 spiro atoms. The molecule has 1 aromatic heterocycles. The quantitative estimate of drug-likeness (QED) is 0.805. The topological polar surface area (TPSA) is 79.5 Å². The number of rotatable bonds is 3. The molecule has 0 radical (unpaired) electrons. The standard InChI is InChI=1S/C12H15N3O2.2ClH/c13-10(12(17)15-7-1-2-8-15)11(16)9-3-5-14-6-4-9;;/h1-6,10-11,16H,7-8,13H2;2*1H. The Morgan fingerprint density at radius 3 is 2.32 bits per heavy atom. The number of pyridine rings is 1. The summed E-state index contributed by atoms with van der Waals surface area (Å²) in [7, 11) is 0. The van der Waals surface area contributed by atoms with Crippen LogP contribution in [0.3, 0.4) is 0 Å². The molecule has 19 heavy (non-hydrogen) atoms. The van der Waals surface area contributed by atoms with Crippen molar-refractivity contribution in [1.29, 1.82) is 0 Å². The van der Waals surface area contributed by atoms with Crippen molar-refractivity contribution in [1.82, 2.24) is 9.88 Å². The van der Waals surface area contributed by atoms with Gasteiger partial charge in [0, 0.05) is 25.5 Å². The number of nitrogens with zero attached hydrogens (tertiary/aromatic N) is 2. The van der Waals surface area contributed by atoms with E-state index in [1.807, 2.05) is 12.2 Å². The maximum absolute atomic E-state index is 11.9. The smallest absolute Gasteiger partial charge is 0.243 e. The molecule has 0 saturated carbocycles. The SMILES string of the molecule is Cl.Cl.NC(C(=O)N1CC=CC1)C(O)c1ccncc1. The molecular weight excluding hydrogens is 289 g/mol. The molecule has 0 fully saturated rings. The summed E-state index contributed by atoms with van der Waals surface area (Å²) < 4.78 is 0. The second-order valence-corrected chi connectivity index (χ2v) is 3.97. The van der Waals surface area contributed by atoms with Crippen LogP contribution < -0.4 is 5.73 Å². The molecule has 0 aliphatic carbocycles. The van der Waals surface area contributed by atoms with E-state index >= 15 is 0 Å². The number of carbonyl (C=O) groups is 1. The highest BCUT2D eigenvalue weighted by molar-refractivity contribution is 5.85. The summed E-state index contributed by atoms with van der Waals surface area (Å²) in [5, 5.41) is 10.00. The molecule has 0 bridgehead atoms. The van der Waals surface area contributed by atoms with Crippen LogP contribution in [0.1, 0.15) is 11.7 Å². The fraction of sp³-hybridized carbons (Fsp3) is 0.333. The Balaban J connectivity index is 0.00000162. The lowest BCUT2D eigenvalue weighted by Gasteiger charge is -2.23. The first kappa shape index (κ1) is 17.9. The molecule has 0 aromatic carbocycles. The van der Waals surface area contributed by atoms with Gasteiger partial charge >= 0.3 is 0 Å². The number of amides is 1. The summed E-state index contributed by atoms with van der Waals surface area (Å²) in [5.74, 6) is -0.237. The number of aliphatic hydroxyl groups excluding tert-OH is 1. The third-order valence-corrected chi connectivity index (χ3v) is 2.80. The Morgan fingerprint density at radius 2 is 1.79 bits per heavy atom. The minimum Gasteiger partial charge on any atom is -0.386 e. The first-order valence-electron chi connectivity index (χ1n) is 5.47. The molecule has 2 atom stereocenters. The van der Waals surface area contributed by atoms with Crippen molar-refractivity contribution in [3.05, 3.63) is 42.2 Å². The predicted molar refractivity (Wildman–Crippen MR) is 77.4 cm³/mol. The van der Waals surface area contributed by atoms with Crippen LogP contribution in [0.15, 0.2) is 36.7 Å². The molecule has 1 aromatic rings. The molecule has 0 saturated heterocycles. The molecule has 2 heterocycles. The third-order valence-electron chi connectivity index (χ3n) is 2.80. The maximum atomic E-state index is 11.9. The van der Waals surface area contributed by atoms with E-state index in [1.54, 1.807) is 29.4 Å². The van der Waals surface area contributed by atoms with Gasteiger partial charge < -0.3 is 15.7 Å². The van der Waals surface area contributed by atoms with Crippen molar-refractivity contribution in [2.75, 3.05) is 13.1 Å². The maximum Gasteiger partial charge on any atom is 0.243 e. The van der Waals surface area contributed by atoms with Gasteiger partial charge in [0.25, 0.3) is 0 Å². The van der Waals surface area contributed by atoms with Gasteiger partial charge in [0.1, 0.15) is 12.1 Å². The highest BCUT2D eigenvalue weighted by Crippen LogP contribution is 2.16. The largest absolute Gasteiger partial charge is 0.386 e. The number of hydrogen-bond donors (Lipinski definition) is 2.